The molecule has 0 saturated heterocycles. The van der Waals surface area contributed by atoms with Crippen LogP contribution in [0.15, 0.2) is 18.3 Å². The van der Waals surface area contributed by atoms with Crippen LogP contribution < -0.4 is 10.2 Å². The monoisotopic (exact) mass is 251 g/mol. The minimum atomic E-state index is -1.05. The molecule has 6 heteroatoms. The van der Waals surface area contributed by atoms with Crippen molar-refractivity contribution in [2.24, 2.45) is 0 Å². The molecule has 1 heterocycles. The molecular weight excluding hydrogens is 234 g/mol. The van der Waals surface area contributed by atoms with Crippen molar-refractivity contribution in [2.45, 2.75) is 13.3 Å². The van der Waals surface area contributed by atoms with Gasteiger partial charge in [-0.2, -0.15) is 0 Å². The quantitative estimate of drug-likeness (QED) is 0.779. The van der Waals surface area contributed by atoms with Crippen LogP contribution in [-0.2, 0) is 4.79 Å². The Kier molecular flexibility index (Phi) is 5.10. The summed E-state index contributed by atoms with van der Waals surface area (Å²) in [7, 11) is 1.54. The summed E-state index contributed by atoms with van der Waals surface area (Å²) in [6, 6.07) is 3.05. The van der Waals surface area contributed by atoms with E-state index in [2.05, 4.69) is 10.3 Å². The van der Waals surface area contributed by atoms with Crippen molar-refractivity contribution in [3.8, 4) is 0 Å². The summed E-state index contributed by atoms with van der Waals surface area (Å²) < 4.78 is 0. The molecule has 1 aromatic rings. The zero-order chi connectivity index (χ0) is 13.5. The van der Waals surface area contributed by atoms with Gasteiger partial charge in [0.2, 0.25) is 5.91 Å². The predicted octanol–water partition coefficient (Wildman–Crippen LogP) is 0.742. The van der Waals surface area contributed by atoms with Gasteiger partial charge in [0.1, 0.15) is 11.4 Å². The van der Waals surface area contributed by atoms with E-state index in [9.17, 15) is 9.59 Å². The molecule has 0 spiro atoms. The summed E-state index contributed by atoms with van der Waals surface area (Å²) >= 11 is 0. The van der Waals surface area contributed by atoms with Crippen LogP contribution in [0.3, 0.4) is 0 Å². The Morgan fingerprint density at radius 3 is 2.78 bits per heavy atom. The molecule has 0 saturated carbocycles. The van der Waals surface area contributed by atoms with Gasteiger partial charge in [-0.3, -0.25) is 4.79 Å². The molecule has 0 aliphatic rings. The van der Waals surface area contributed by atoms with E-state index in [0.717, 1.165) is 6.42 Å². The number of nitrogens with one attached hydrogen (secondary N) is 1. The topological polar surface area (TPSA) is 82.5 Å². The Balaban J connectivity index is 3.04. The number of nitrogens with zero attached hydrogens (tertiary/aromatic N) is 2. The van der Waals surface area contributed by atoms with Crippen LogP contribution >= 0.6 is 0 Å². The zero-order valence-electron chi connectivity index (χ0n) is 10.5. The van der Waals surface area contributed by atoms with E-state index < -0.39 is 5.97 Å². The number of aromatic nitrogens is 1. The van der Waals surface area contributed by atoms with Crippen LogP contribution in [-0.4, -0.2) is 42.1 Å². The normalized spacial score (nSPS) is 9.89. The van der Waals surface area contributed by atoms with Crippen molar-refractivity contribution in [3.63, 3.8) is 0 Å². The summed E-state index contributed by atoms with van der Waals surface area (Å²) in [5, 5.41) is 11.6. The number of aromatic carboxylic acids is 1. The van der Waals surface area contributed by atoms with Crippen molar-refractivity contribution in [1.29, 1.82) is 0 Å². The first-order chi connectivity index (χ1) is 8.60. The lowest BCUT2D eigenvalue weighted by molar-refractivity contribution is -0.119. The molecule has 0 atom stereocenters. The number of carboxylic acids is 1. The summed E-state index contributed by atoms with van der Waals surface area (Å²) in [5.41, 5.74) is 0.106. The summed E-state index contributed by atoms with van der Waals surface area (Å²) in [6.45, 7) is 2.63. The number of rotatable bonds is 6. The Hall–Kier alpha value is -2.11. The fraction of sp³-hybridized carbons (Fsp3) is 0.417. The molecular formula is C12H17N3O3. The van der Waals surface area contributed by atoms with Gasteiger partial charge < -0.3 is 15.3 Å². The fourth-order valence-electron chi connectivity index (χ4n) is 1.60. The molecule has 0 aliphatic carbocycles. The van der Waals surface area contributed by atoms with E-state index in [4.69, 9.17) is 5.11 Å². The van der Waals surface area contributed by atoms with Gasteiger partial charge in [-0.05, 0) is 18.6 Å². The first-order valence-electron chi connectivity index (χ1n) is 5.74. The second kappa shape index (κ2) is 6.58. The number of anilines is 1. The Labute approximate surface area is 106 Å². The standard InChI is InChI=1S/C12H17N3O3/c1-3-7-15(8-10(16)13-2)11-9(12(17)18)5-4-6-14-11/h4-6H,3,7-8H2,1-2H3,(H,13,16)(H,17,18). The Morgan fingerprint density at radius 2 is 2.22 bits per heavy atom. The van der Waals surface area contributed by atoms with Crippen molar-refractivity contribution < 1.29 is 14.7 Å². The number of carbonyl (C=O) groups excluding carboxylic acids is 1. The highest BCUT2D eigenvalue weighted by Crippen LogP contribution is 2.17. The lowest BCUT2D eigenvalue weighted by Gasteiger charge is -2.23. The number of hydrogen-bond acceptors (Lipinski definition) is 4. The molecule has 6 nitrogen and oxygen atoms in total. The van der Waals surface area contributed by atoms with Crippen molar-refractivity contribution >= 4 is 17.7 Å². The van der Waals surface area contributed by atoms with Gasteiger partial charge in [0.25, 0.3) is 0 Å². The molecule has 0 aromatic carbocycles. The number of amides is 1. The lowest BCUT2D eigenvalue weighted by atomic mass is 10.2. The molecule has 98 valence electrons. The van der Waals surface area contributed by atoms with Crippen molar-refractivity contribution in [3.05, 3.63) is 23.9 Å². The fourth-order valence-corrected chi connectivity index (χ4v) is 1.60. The molecule has 2 N–H and O–H groups in total. The van der Waals surface area contributed by atoms with E-state index in [1.165, 1.54) is 12.3 Å². The maximum atomic E-state index is 11.4. The van der Waals surface area contributed by atoms with Gasteiger partial charge in [-0.1, -0.05) is 6.92 Å². The number of carboxylic acid groups (broad SMARTS) is 1. The molecule has 0 aliphatic heterocycles. The molecule has 1 amide bonds. The SMILES string of the molecule is CCCN(CC(=O)NC)c1ncccc1C(=O)O. The van der Waals surface area contributed by atoms with Crippen LogP contribution in [0.1, 0.15) is 23.7 Å². The van der Waals surface area contributed by atoms with Gasteiger partial charge >= 0.3 is 5.97 Å². The van der Waals surface area contributed by atoms with E-state index in [-0.39, 0.29) is 18.0 Å². The Bertz CT molecular complexity index is 434. The van der Waals surface area contributed by atoms with Crippen LogP contribution in [0.4, 0.5) is 5.82 Å². The van der Waals surface area contributed by atoms with Gasteiger partial charge in [0.05, 0.1) is 6.54 Å². The number of pyridine rings is 1. The number of likely N-dealkylation sites (N-methyl/N-ethyl adjacent to an activating group) is 1. The third-order valence-corrected chi connectivity index (χ3v) is 2.42. The van der Waals surface area contributed by atoms with E-state index in [0.29, 0.717) is 12.4 Å². The average Bonchev–Trinajstić information content (AvgIpc) is 2.38. The molecule has 1 rings (SSSR count). The first-order valence-corrected chi connectivity index (χ1v) is 5.74. The van der Waals surface area contributed by atoms with Gasteiger partial charge in [0, 0.05) is 19.8 Å². The van der Waals surface area contributed by atoms with Crippen LogP contribution in [0.25, 0.3) is 0 Å². The maximum Gasteiger partial charge on any atom is 0.339 e. The summed E-state index contributed by atoms with van der Waals surface area (Å²) in [5.74, 6) is -0.892. The minimum Gasteiger partial charge on any atom is -0.478 e. The second-order valence-electron chi connectivity index (χ2n) is 3.77. The van der Waals surface area contributed by atoms with Crippen molar-refractivity contribution in [2.75, 3.05) is 25.0 Å². The van der Waals surface area contributed by atoms with Crippen LogP contribution in [0, 0.1) is 0 Å². The predicted molar refractivity (Wildman–Crippen MR) is 67.8 cm³/mol. The molecule has 1 aromatic heterocycles. The average molecular weight is 251 g/mol. The highest BCUT2D eigenvalue weighted by atomic mass is 16.4. The smallest absolute Gasteiger partial charge is 0.339 e. The summed E-state index contributed by atoms with van der Waals surface area (Å²) in [6.07, 6.45) is 2.32. The number of hydrogen-bond donors (Lipinski definition) is 2. The van der Waals surface area contributed by atoms with E-state index in [1.807, 2.05) is 6.92 Å². The molecule has 0 bridgehead atoms. The second-order valence-corrected chi connectivity index (χ2v) is 3.77. The molecule has 18 heavy (non-hydrogen) atoms. The van der Waals surface area contributed by atoms with Crippen molar-refractivity contribution in [1.82, 2.24) is 10.3 Å². The minimum absolute atomic E-state index is 0.0988. The summed E-state index contributed by atoms with van der Waals surface area (Å²) in [4.78, 5) is 28.3. The third kappa shape index (κ3) is 3.44. The zero-order valence-corrected chi connectivity index (χ0v) is 10.5. The van der Waals surface area contributed by atoms with Gasteiger partial charge in [0.15, 0.2) is 0 Å². The molecule has 0 radical (unpaired) electrons. The van der Waals surface area contributed by atoms with E-state index in [1.54, 1.807) is 18.0 Å². The molecule has 0 fully saturated rings. The highest BCUT2D eigenvalue weighted by Gasteiger charge is 2.18. The van der Waals surface area contributed by atoms with Gasteiger partial charge in [-0.15, -0.1) is 0 Å². The van der Waals surface area contributed by atoms with Crippen LogP contribution in [0.5, 0.6) is 0 Å². The maximum absolute atomic E-state index is 11.4. The third-order valence-electron chi connectivity index (χ3n) is 2.42. The lowest BCUT2D eigenvalue weighted by Crippen LogP contribution is -2.37. The van der Waals surface area contributed by atoms with E-state index >= 15 is 0 Å². The molecule has 0 unspecified atom stereocenters. The van der Waals surface area contributed by atoms with Crippen LogP contribution in [0.2, 0.25) is 0 Å². The van der Waals surface area contributed by atoms with Gasteiger partial charge in [-0.25, -0.2) is 9.78 Å². The first kappa shape index (κ1) is 14.0. The Morgan fingerprint density at radius 1 is 1.50 bits per heavy atom. The number of carbonyl (C=O) groups is 2. The highest BCUT2D eigenvalue weighted by molar-refractivity contribution is 5.94. The largest absolute Gasteiger partial charge is 0.478 e.